The average Bonchev–Trinajstić information content (AvgIpc) is 3.29. The molecule has 3 N–H and O–H groups in total. The second kappa shape index (κ2) is 23.7. The Hall–Kier alpha value is -5.69. The van der Waals surface area contributed by atoms with Gasteiger partial charge in [0.2, 0.25) is 5.91 Å². The zero-order valence-electron chi connectivity index (χ0n) is 37.2. The number of hydrogen-bond donors (Lipinski definition) is 3. The highest BCUT2D eigenvalue weighted by atomic mass is 32.2. The largest absolute Gasteiger partial charge is 0.463 e. The molecule has 9 unspecified atom stereocenters. The van der Waals surface area contributed by atoms with E-state index in [1.807, 2.05) is 91.0 Å². The van der Waals surface area contributed by atoms with Gasteiger partial charge in [-0.2, -0.15) is 0 Å². The first kappa shape index (κ1) is 49.7. The molecule has 17 heteroatoms. The van der Waals surface area contributed by atoms with E-state index in [2.05, 4.69) is 22.8 Å². The van der Waals surface area contributed by atoms with E-state index in [0.717, 1.165) is 39.6 Å². The first-order chi connectivity index (χ1) is 31.7. The van der Waals surface area contributed by atoms with Crippen LogP contribution in [0.4, 0.5) is 5.69 Å². The standard InChI is InChI=1S/C49H54N2O13S2/c1-28(53)51-38-19-21-39(22-20-38)66-27-42-44(35-9-7-6-8-10-35)45(36-15-13-34(25-52)14-16-36)64-49(63-42)37-17-11-33(12-18-37)24-50-43(65)23-40-46(59-30(3)55)48(61-32(5)57)47(60-31(4)56)41(62-40)26-58-29(2)54/h6-22,40-42,44-49,52H,23-27H2,1-5H3,(H,50,65)(H,51,53). The summed E-state index contributed by atoms with van der Waals surface area (Å²) in [5.41, 5.74) is 5.15. The number of carbonyl (C=O) groups excluding carboxylic acids is 5. The van der Waals surface area contributed by atoms with Gasteiger partial charge in [0.25, 0.3) is 0 Å². The summed E-state index contributed by atoms with van der Waals surface area (Å²) in [4.78, 5) is 61.4. The van der Waals surface area contributed by atoms with Gasteiger partial charge in [-0.25, -0.2) is 0 Å². The molecule has 350 valence electrons. The number of thiocarbonyl (C=S) groups is 1. The molecule has 4 aromatic carbocycles. The Morgan fingerprint density at radius 1 is 0.636 bits per heavy atom. The number of benzene rings is 4. The number of carbonyl (C=O) groups is 5. The van der Waals surface area contributed by atoms with Crippen LogP contribution in [0.3, 0.4) is 0 Å². The summed E-state index contributed by atoms with van der Waals surface area (Å²) < 4.78 is 41.8. The molecule has 6 rings (SSSR count). The van der Waals surface area contributed by atoms with Crippen LogP contribution in [0.1, 0.15) is 87.2 Å². The highest BCUT2D eigenvalue weighted by Gasteiger charge is 2.52. The molecule has 2 aliphatic rings. The fourth-order valence-corrected chi connectivity index (χ4v) is 9.11. The third-order valence-electron chi connectivity index (χ3n) is 10.8. The van der Waals surface area contributed by atoms with Crippen LogP contribution in [-0.4, -0.2) is 88.9 Å². The van der Waals surface area contributed by atoms with Crippen molar-refractivity contribution in [2.75, 3.05) is 17.7 Å². The number of rotatable bonds is 17. The van der Waals surface area contributed by atoms with Crippen molar-refractivity contribution in [2.24, 2.45) is 0 Å². The molecular formula is C49H54N2O13S2. The van der Waals surface area contributed by atoms with E-state index in [-0.39, 0.29) is 37.6 Å². The molecule has 4 aromatic rings. The van der Waals surface area contributed by atoms with Crippen molar-refractivity contribution in [1.82, 2.24) is 5.32 Å². The predicted molar refractivity (Wildman–Crippen MR) is 247 cm³/mol. The molecule has 0 spiro atoms. The maximum Gasteiger partial charge on any atom is 0.303 e. The molecule has 2 fully saturated rings. The molecule has 0 bridgehead atoms. The van der Waals surface area contributed by atoms with Crippen molar-refractivity contribution in [3.8, 4) is 0 Å². The van der Waals surface area contributed by atoms with E-state index in [9.17, 15) is 29.1 Å². The summed E-state index contributed by atoms with van der Waals surface area (Å²) in [6.07, 6.45) is -7.34. The number of anilines is 1. The minimum absolute atomic E-state index is 0.00164. The van der Waals surface area contributed by atoms with Gasteiger partial charge in [-0.3, -0.25) is 24.0 Å². The number of amides is 1. The van der Waals surface area contributed by atoms with Crippen molar-refractivity contribution < 1.29 is 62.2 Å². The minimum Gasteiger partial charge on any atom is -0.463 e. The van der Waals surface area contributed by atoms with Gasteiger partial charge in [-0.1, -0.05) is 91.1 Å². The SMILES string of the molecule is CC(=O)Nc1ccc(SCC2OC(c3ccc(CNC(=S)CC4OC(COC(C)=O)C(OC(C)=O)C(OC(C)=O)C4OC(C)=O)cc3)OC(c3ccc(CO)cc3)C2c2ccccc2)cc1. The van der Waals surface area contributed by atoms with Crippen LogP contribution in [0.25, 0.3) is 0 Å². The number of esters is 4. The van der Waals surface area contributed by atoms with Crippen LogP contribution in [0, 0.1) is 0 Å². The van der Waals surface area contributed by atoms with E-state index in [1.165, 1.54) is 27.7 Å². The number of ether oxygens (including phenoxy) is 7. The monoisotopic (exact) mass is 942 g/mol. The van der Waals surface area contributed by atoms with Crippen molar-refractivity contribution in [2.45, 2.75) is 114 Å². The Kier molecular flexibility index (Phi) is 17.8. The number of hydrogen-bond acceptors (Lipinski definition) is 15. The van der Waals surface area contributed by atoms with E-state index in [1.54, 1.807) is 11.8 Å². The molecule has 2 saturated heterocycles. The molecule has 9 atom stereocenters. The van der Waals surface area contributed by atoms with Crippen LogP contribution in [0.2, 0.25) is 0 Å². The van der Waals surface area contributed by atoms with Crippen molar-refractivity contribution >= 4 is 64.4 Å². The average molecular weight is 943 g/mol. The van der Waals surface area contributed by atoms with Crippen LogP contribution < -0.4 is 10.6 Å². The lowest BCUT2D eigenvalue weighted by Gasteiger charge is -2.44. The Morgan fingerprint density at radius 3 is 1.82 bits per heavy atom. The molecule has 2 aliphatic heterocycles. The van der Waals surface area contributed by atoms with E-state index in [0.29, 0.717) is 23.0 Å². The Balaban J connectivity index is 1.19. The van der Waals surface area contributed by atoms with E-state index < -0.39 is 66.8 Å². The van der Waals surface area contributed by atoms with E-state index in [4.69, 9.17) is 45.4 Å². The molecule has 66 heavy (non-hydrogen) atoms. The van der Waals surface area contributed by atoms with Crippen molar-refractivity contribution in [1.29, 1.82) is 0 Å². The Bertz CT molecular complexity index is 2300. The molecular weight excluding hydrogens is 889 g/mol. The molecule has 0 aliphatic carbocycles. The van der Waals surface area contributed by atoms with Gasteiger partial charge in [0, 0.05) is 75.4 Å². The van der Waals surface area contributed by atoms with Crippen LogP contribution in [-0.2, 0) is 70.3 Å². The highest BCUT2D eigenvalue weighted by Crippen LogP contribution is 2.48. The summed E-state index contributed by atoms with van der Waals surface area (Å²) >= 11 is 7.39. The lowest BCUT2D eigenvalue weighted by molar-refractivity contribution is -0.255. The van der Waals surface area contributed by atoms with Crippen LogP contribution in [0.5, 0.6) is 0 Å². The number of aliphatic hydroxyl groups excluding tert-OH is 1. The van der Waals surface area contributed by atoms with Crippen LogP contribution in [0.15, 0.2) is 108 Å². The van der Waals surface area contributed by atoms with Gasteiger partial charge in [0.1, 0.15) is 18.8 Å². The first-order valence-electron chi connectivity index (χ1n) is 21.4. The number of thioether (sulfide) groups is 1. The van der Waals surface area contributed by atoms with Gasteiger partial charge in [-0.05, 0) is 46.5 Å². The first-order valence-corrected chi connectivity index (χ1v) is 22.8. The maximum atomic E-state index is 12.3. The van der Waals surface area contributed by atoms with Crippen molar-refractivity contribution in [3.05, 3.63) is 131 Å². The van der Waals surface area contributed by atoms with Crippen LogP contribution >= 0.6 is 24.0 Å². The van der Waals surface area contributed by atoms with Crippen molar-refractivity contribution in [3.63, 3.8) is 0 Å². The number of aliphatic hydroxyl groups is 1. The minimum atomic E-state index is -1.29. The van der Waals surface area contributed by atoms with E-state index >= 15 is 0 Å². The smallest absolute Gasteiger partial charge is 0.303 e. The fourth-order valence-electron chi connectivity index (χ4n) is 7.90. The Labute approximate surface area is 393 Å². The quantitative estimate of drug-likeness (QED) is 0.0433. The molecule has 15 nitrogen and oxygen atoms in total. The Morgan fingerprint density at radius 2 is 1.23 bits per heavy atom. The third-order valence-corrected chi connectivity index (χ3v) is 12.2. The molecule has 0 saturated carbocycles. The second-order valence-electron chi connectivity index (χ2n) is 15.9. The predicted octanol–water partition coefficient (Wildman–Crippen LogP) is 6.80. The lowest BCUT2D eigenvalue weighted by Crippen LogP contribution is -2.62. The lowest BCUT2D eigenvalue weighted by atomic mass is 9.84. The summed E-state index contributed by atoms with van der Waals surface area (Å²) in [6.45, 7) is 6.07. The summed E-state index contributed by atoms with van der Waals surface area (Å²) in [6, 6.07) is 33.3. The van der Waals surface area contributed by atoms with Gasteiger partial charge < -0.3 is 48.9 Å². The molecule has 1 amide bonds. The zero-order valence-corrected chi connectivity index (χ0v) is 38.8. The van der Waals surface area contributed by atoms with Gasteiger partial charge in [-0.15, -0.1) is 11.8 Å². The number of nitrogens with one attached hydrogen (secondary N) is 2. The molecule has 0 aromatic heterocycles. The fraction of sp³-hybridized carbons (Fsp3) is 0.388. The second-order valence-corrected chi connectivity index (χ2v) is 17.5. The summed E-state index contributed by atoms with van der Waals surface area (Å²) in [7, 11) is 0. The summed E-state index contributed by atoms with van der Waals surface area (Å²) in [5, 5.41) is 15.8. The highest BCUT2D eigenvalue weighted by molar-refractivity contribution is 7.99. The molecule has 0 radical (unpaired) electrons. The normalized spacial score (nSPS) is 23.7. The van der Waals surface area contributed by atoms with Gasteiger partial charge in [0.15, 0.2) is 24.6 Å². The topological polar surface area (TPSA) is 194 Å². The van der Waals surface area contributed by atoms with Gasteiger partial charge >= 0.3 is 23.9 Å². The third kappa shape index (κ3) is 13.9. The summed E-state index contributed by atoms with van der Waals surface area (Å²) in [5.74, 6) is -2.50. The molecule has 2 heterocycles. The van der Waals surface area contributed by atoms with Gasteiger partial charge in [0.05, 0.1) is 23.8 Å². The maximum absolute atomic E-state index is 12.3. The zero-order chi connectivity index (χ0) is 47.3.